The zero-order valence-corrected chi connectivity index (χ0v) is 15.4. The lowest BCUT2D eigenvalue weighted by molar-refractivity contribution is -0.0605. The van der Waals surface area contributed by atoms with Crippen LogP contribution in [0.25, 0.3) is 0 Å². The van der Waals surface area contributed by atoms with Gasteiger partial charge in [-0.15, -0.1) is 0 Å². The van der Waals surface area contributed by atoms with Gasteiger partial charge in [0.05, 0.1) is 12.2 Å². The van der Waals surface area contributed by atoms with E-state index in [2.05, 4.69) is 49.9 Å². The molecule has 0 unspecified atom stereocenters. The van der Waals surface area contributed by atoms with E-state index < -0.39 is 0 Å². The molecule has 1 saturated heterocycles. The highest BCUT2D eigenvalue weighted by Crippen LogP contribution is 2.29. The molecule has 0 radical (unpaired) electrons. The normalized spacial score (nSPS) is 17.4. The molecule has 1 heterocycles. The fourth-order valence-electron chi connectivity index (χ4n) is 3.55. The Bertz CT molecular complexity index is 436. The minimum absolute atomic E-state index is 0.0518. The molecule has 0 N–H and O–H groups in total. The van der Waals surface area contributed by atoms with E-state index in [1.165, 1.54) is 49.8 Å². The summed E-state index contributed by atoms with van der Waals surface area (Å²) in [6.45, 7) is 9.65. The number of hydrogen-bond acceptors (Lipinski definition) is 2. The molecule has 130 valence electrons. The maximum atomic E-state index is 6.08. The van der Waals surface area contributed by atoms with Crippen molar-refractivity contribution in [3.8, 4) is 0 Å². The molecule has 0 aromatic heterocycles. The maximum Gasteiger partial charge on any atom is 0.0852 e. The third-order valence-electron chi connectivity index (χ3n) is 5.41. The number of ether oxygens (including phenoxy) is 1. The first-order valence-corrected chi connectivity index (χ1v) is 9.71. The predicted octanol–water partition coefficient (Wildman–Crippen LogP) is 5.59. The van der Waals surface area contributed by atoms with Gasteiger partial charge in [-0.2, -0.15) is 0 Å². The van der Waals surface area contributed by atoms with Crippen LogP contribution in [0, 0.1) is 0 Å². The van der Waals surface area contributed by atoms with Gasteiger partial charge >= 0.3 is 0 Å². The Morgan fingerprint density at radius 2 is 1.65 bits per heavy atom. The summed E-state index contributed by atoms with van der Waals surface area (Å²) in [6, 6.07) is 9.26. The van der Waals surface area contributed by atoms with Crippen molar-refractivity contribution in [1.82, 2.24) is 0 Å². The van der Waals surface area contributed by atoms with E-state index in [-0.39, 0.29) is 5.60 Å². The zero-order valence-electron chi connectivity index (χ0n) is 15.4. The first-order chi connectivity index (χ1) is 11.2. The van der Waals surface area contributed by atoms with Crippen molar-refractivity contribution in [2.45, 2.75) is 77.7 Å². The maximum absolute atomic E-state index is 6.08. The number of aryl methyl sites for hydroxylation is 1. The molecule has 2 nitrogen and oxygen atoms in total. The summed E-state index contributed by atoms with van der Waals surface area (Å²) < 4.78 is 6.08. The molecule has 1 aliphatic heterocycles. The Kier molecular flexibility index (Phi) is 7.42. The fourth-order valence-corrected chi connectivity index (χ4v) is 3.55. The van der Waals surface area contributed by atoms with Crippen molar-refractivity contribution in [1.29, 1.82) is 0 Å². The van der Waals surface area contributed by atoms with Gasteiger partial charge in [0.25, 0.3) is 0 Å². The Hall–Kier alpha value is -1.02. The molecule has 0 aliphatic carbocycles. The summed E-state index contributed by atoms with van der Waals surface area (Å²) in [6.07, 6.45) is 10.2. The van der Waals surface area contributed by atoms with Crippen molar-refractivity contribution < 1.29 is 4.74 Å². The lowest BCUT2D eigenvalue weighted by Gasteiger charge is -2.43. The average Bonchev–Trinajstić information content (AvgIpc) is 2.62. The molecule has 0 amide bonds. The topological polar surface area (TPSA) is 12.5 Å². The van der Waals surface area contributed by atoms with Crippen LogP contribution < -0.4 is 4.90 Å². The van der Waals surface area contributed by atoms with Crippen molar-refractivity contribution in [3.63, 3.8) is 0 Å². The lowest BCUT2D eigenvalue weighted by Crippen LogP contribution is -2.51. The number of morpholine rings is 1. The second kappa shape index (κ2) is 9.32. The average molecular weight is 318 g/mol. The second-order valence-corrected chi connectivity index (χ2v) is 6.99. The molecule has 0 bridgehead atoms. The van der Waals surface area contributed by atoms with Gasteiger partial charge in [-0.05, 0) is 43.4 Å². The molecule has 0 atom stereocenters. The van der Waals surface area contributed by atoms with Crippen molar-refractivity contribution in [2.24, 2.45) is 0 Å². The number of hydrogen-bond donors (Lipinski definition) is 0. The van der Waals surface area contributed by atoms with Gasteiger partial charge in [0.2, 0.25) is 0 Å². The number of unbranched alkanes of at least 4 members (excludes halogenated alkanes) is 4. The molecule has 1 aliphatic rings. The predicted molar refractivity (Wildman–Crippen MR) is 100 cm³/mol. The van der Waals surface area contributed by atoms with Crippen LogP contribution in [0.15, 0.2) is 24.3 Å². The quantitative estimate of drug-likeness (QED) is 0.550. The number of rotatable bonds is 9. The summed E-state index contributed by atoms with van der Waals surface area (Å²) in [5.74, 6) is 0. The van der Waals surface area contributed by atoms with Crippen LogP contribution in [0.1, 0.15) is 71.3 Å². The van der Waals surface area contributed by atoms with Gasteiger partial charge in [0, 0.05) is 18.8 Å². The monoisotopic (exact) mass is 317 g/mol. The minimum atomic E-state index is 0.0518. The van der Waals surface area contributed by atoms with Gasteiger partial charge in [-0.1, -0.05) is 58.6 Å². The van der Waals surface area contributed by atoms with Crippen LogP contribution in [0.4, 0.5) is 5.69 Å². The third-order valence-corrected chi connectivity index (χ3v) is 5.41. The molecular weight excluding hydrogens is 282 g/mol. The number of benzene rings is 1. The first kappa shape index (κ1) is 18.3. The molecule has 1 aromatic carbocycles. The Morgan fingerprint density at radius 3 is 2.30 bits per heavy atom. The molecule has 0 saturated carbocycles. The third kappa shape index (κ3) is 5.24. The zero-order chi connectivity index (χ0) is 16.5. The smallest absolute Gasteiger partial charge is 0.0852 e. The van der Waals surface area contributed by atoms with E-state index in [4.69, 9.17) is 4.74 Å². The SMILES string of the molecule is CCCCCCCc1ccc(N2CCOC(CC)(CC)C2)cc1. The van der Waals surface area contributed by atoms with Gasteiger partial charge in [0.1, 0.15) is 0 Å². The van der Waals surface area contributed by atoms with Crippen molar-refractivity contribution >= 4 is 5.69 Å². The summed E-state index contributed by atoms with van der Waals surface area (Å²) in [5.41, 5.74) is 2.89. The van der Waals surface area contributed by atoms with Crippen LogP contribution in [-0.4, -0.2) is 25.3 Å². The second-order valence-electron chi connectivity index (χ2n) is 6.99. The van der Waals surface area contributed by atoms with Gasteiger partial charge in [-0.3, -0.25) is 0 Å². The number of anilines is 1. The van der Waals surface area contributed by atoms with Crippen molar-refractivity contribution in [2.75, 3.05) is 24.6 Å². The van der Waals surface area contributed by atoms with E-state index >= 15 is 0 Å². The molecule has 2 rings (SSSR count). The minimum Gasteiger partial charge on any atom is -0.371 e. The van der Waals surface area contributed by atoms with Gasteiger partial charge in [-0.25, -0.2) is 0 Å². The number of nitrogens with zero attached hydrogens (tertiary/aromatic N) is 1. The molecule has 0 spiro atoms. The van der Waals surface area contributed by atoms with Gasteiger partial charge in [0.15, 0.2) is 0 Å². The summed E-state index contributed by atoms with van der Waals surface area (Å²) in [7, 11) is 0. The van der Waals surface area contributed by atoms with Crippen LogP contribution in [-0.2, 0) is 11.2 Å². The molecular formula is C21H35NO. The molecule has 1 fully saturated rings. The van der Waals surface area contributed by atoms with E-state index in [9.17, 15) is 0 Å². The van der Waals surface area contributed by atoms with E-state index in [1.54, 1.807) is 0 Å². The summed E-state index contributed by atoms with van der Waals surface area (Å²) in [4.78, 5) is 2.50. The Labute approximate surface area is 143 Å². The molecule has 23 heavy (non-hydrogen) atoms. The fraction of sp³-hybridized carbons (Fsp3) is 0.714. The van der Waals surface area contributed by atoms with Crippen LogP contribution in [0.3, 0.4) is 0 Å². The summed E-state index contributed by atoms with van der Waals surface area (Å²) >= 11 is 0. The summed E-state index contributed by atoms with van der Waals surface area (Å²) in [5, 5.41) is 0. The van der Waals surface area contributed by atoms with E-state index in [0.29, 0.717) is 0 Å². The van der Waals surface area contributed by atoms with Crippen LogP contribution in [0.5, 0.6) is 0 Å². The van der Waals surface area contributed by atoms with Crippen LogP contribution >= 0.6 is 0 Å². The Balaban J connectivity index is 1.86. The highest BCUT2D eigenvalue weighted by Gasteiger charge is 2.33. The largest absolute Gasteiger partial charge is 0.371 e. The Morgan fingerprint density at radius 1 is 0.957 bits per heavy atom. The van der Waals surface area contributed by atoms with Crippen molar-refractivity contribution in [3.05, 3.63) is 29.8 Å². The first-order valence-electron chi connectivity index (χ1n) is 9.71. The van der Waals surface area contributed by atoms with Crippen LogP contribution in [0.2, 0.25) is 0 Å². The highest BCUT2D eigenvalue weighted by molar-refractivity contribution is 5.48. The van der Waals surface area contributed by atoms with Gasteiger partial charge < -0.3 is 9.64 Å². The molecule has 1 aromatic rings. The highest BCUT2D eigenvalue weighted by atomic mass is 16.5. The van der Waals surface area contributed by atoms with E-state index in [0.717, 1.165) is 32.5 Å². The standard InChI is InChI=1S/C21H35NO/c1-4-7-8-9-10-11-19-12-14-20(15-13-19)22-16-17-23-21(5-2,6-3)18-22/h12-15H,4-11,16-18H2,1-3H3. The van der Waals surface area contributed by atoms with E-state index in [1.807, 2.05) is 0 Å². The lowest BCUT2D eigenvalue weighted by atomic mass is 9.94. The molecule has 2 heteroatoms.